The summed E-state index contributed by atoms with van der Waals surface area (Å²) in [4.78, 5) is 11.9. The number of rotatable bonds is 16. The molecule has 1 saturated heterocycles. The van der Waals surface area contributed by atoms with E-state index in [9.17, 15) is 4.79 Å². The fourth-order valence-corrected chi connectivity index (χ4v) is 3.47. The molecule has 32 heavy (non-hydrogen) atoms. The van der Waals surface area contributed by atoms with Gasteiger partial charge in [-0.15, -0.1) is 0 Å². The Bertz CT molecular complexity index is 693. The van der Waals surface area contributed by atoms with Crippen LogP contribution in [0.25, 0.3) is 0 Å². The molecule has 0 bridgehead atoms. The fraction of sp³-hybridized carbons (Fsp3) is 0.536. The minimum absolute atomic E-state index is 0.141. The number of allylic oxidation sites excluding steroid dienone is 6. The molecule has 1 fully saturated rings. The van der Waals surface area contributed by atoms with Gasteiger partial charge in [0.05, 0.1) is 6.61 Å². The lowest BCUT2D eigenvalue weighted by molar-refractivity contribution is -0.148. The Balaban J connectivity index is 1.39. The summed E-state index contributed by atoms with van der Waals surface area (Å²) in [6, 6.07) is 9.82. The molecule has 1 aliphatic heterocycles. The SMILES string of the molecule is CC/C=C/C/C=C/C/C=C/CCCCCCCC(=O)OCC1COC(c2ccccc2)O1. The van der Waals surface area contributed by atoms with Gasteiger partial charge in [0.1, 0.15) is 12.7 Å². The molecule has 2 atom stereocenters. The maximum Gasteiger partial charge on any atom is 0.305 e. The van der Waals surface area contributed by atoms with Gasteiger partial charge < -0.3 is 14.2 Å². The number of esters is 1. The zero-order valence-corrected chi connectivity index (χ0v) is 19.6. The fourth-order valence-electron chi connectivity index (χ4n) is 3.47. The summed E-state index contributed by atoms with van der Waals surface area (Å²) < 4.78 is 16.8. The lowest BCUT2D eigenvalue weighted by Gasteiger charge is -2.12. The summed E-state index contributed by atoms with van der Waals surface area (Å²) in [6.07, 6.45) is 23.2. The van der Waals surface area contributed by atoms with Crippen LogP contribution < -0.4 is 0 Å². The van der Waals surface area contributed by atoms with E-state index in [1.165, 1.54) is 19.3 Å². The normalized spacial score (nSPS) is 18.9. The smallest absolute Gasteiger partial charge is 0.305 e. The molecule has 1 aliphatic rings. The van der Waals surface area contributed by atoms with Crippen molar-refractivity contribution in [1.82, 2.24) is 0 Å². The van der Waals surface area contributed by atoms with Gasteiger partial charge >= 0.3 is 5.97 Å². The largest absolute Gasteiger partial charge is 0.463 e. The lowest BCUT2D eigenvalue weighted by Crippen LogP contribution is -2.20. The van der Waals surface area contributed by atoms with Crippen molar-refractivity contribution in [3.63, 3.8) is 0 Å². The predicted molar refractivity (Wildman–Crippen MR) is 130 cm³/mol. The van der Waals surface area contributed by atoms with Crippen LogP contribution >= 0.6 is 0 Å². The van der Waals surface area contributed by atoms with Crippen LogP contribution in [0.15, 0.2) is 66.8 Å². The molecule has 0 spiro atoms. The van der Waals surface area contributed by atoms with Gasteiger partial charge in [-0.25, -0.2) is 0 Å². The first-order valence-electron chi connectivity index (χ1n) is 12.2. The van der Waals surface area contributed by atoms with E-state index >= 15 is 0 Å². The first-order valence-corrected chi connectivity index (χ1v) is 12.2. The van der Waals surface area contributed by atoms with Gasteiger partial charge in [0.15, 0.2) is 6.29 Å². The summed E-state index contributed by atoms with van der Waals surface area (Å²) in [5.41, 5.74) is 0.990. The Kier molecular flexibility index (Phi) is 14.2. The Labute approximate surface area is 194 Å². The van der Waals surface area contributed by atoms with Crippen LogP contribution in [0.3, 0.4) is 0 Å². The zero-order valence-electron chi connectivity index (χ0n) is 19.6. The monoisotopic (exact) mass is 440 g/mol. The van der Waals surface area contributed by atoms with Gasteiger partial charge in [-0.05, 0) is 38.5 Å². The maximum atomic E-state index is 11.9. The summed E-state index contributed by atoms with van der Waals surface area (Å²) in [5.74, 6) is -0.141. The average molecular weight is 441 g/mol. The van der Waals surface area contributed by atoms with Crippen molar-refractivity contribution in [2.75, 3.05) is 13.2 Å². The van der Waals surface area contributed by atoms with E-state index in [0.29, 0.717) is 13.0 Å². The van der Waals surface area contributed by atoms with Gasteiger partial charge in [-0.3, -0.25) is 4.79 Å². The molecule has 1 aromatic rings. The highest BCUT2D eigenvalue weighted by atomic mass is 16.7. The number of hydrogen-bond donors (Lipinski definition) is 0. The molecular weight excluding hydrogens is 400 g/mol. The molecule has 0 amide bonds. The van der Waals surface area contributed by atoms with Crippen molar-refractivity contribution >= 4 is 5.97 Å². The summed E-state index contributed by atoms with van der Waals surface area (Å²) in [5, 5.41) is 0. The second kappa shape index (κ2) is 17.4. The molecule has 4 heteroatoms. The van der Waals surface area contributed by atoms with Crippen LogP contribution in [-0.4, -0.2) is 25.3 Å². The molecule has 2 unspecified atom stereocenters. The van der Waals surface area contributed by atoms with Crippen LogP contribution in [-0.2, 0) is 19.0 Å². The summed E-state index contributed by atoms with van der Waals surface area (Å²) in [6.45, 7) is 2.87. The number of carbonyl (C=O) groups excluding carboxylic acids is 1. The van der Waals surface area contributed by atoms with Gasteiger partial charge in [-0.1, -0.05) is 93.0 Å². The second-order valence-corrected chi connectivity index (χ2v) is 8.12. The molecule has 0 radical (unpaired) electrons. The molecular formula is C28H40O4. The Morgan fingerprint density at radius 2 is 1.62 bits per heavy atom. The summed E-state index contributed by atoms with van der Waals surface area (Å²) >= 11 is 0. The maximum absolute atomic E-state index is 11.9. The lowest BCUT2D eigenvalue weighted by atomic mass is 10.1. The molecule has 4 nitrogen and oxygen atoms in total. The van der Waals surface area contributed by atoms with E-state index in [4.69, 9.17) is 14.2 Å². The number of unbranched alkanes of at least 4 members (excludes halogenated alkanes) is 5. The minimum atomic E-state index is -0.362. The van der Waals surface area contributed by atoms with Crippen molar-refractivity contribution in [2.45, 2.75) is 83.5 Å². The molecule has 0 N–H and O–H groups in total. The summed E-state index contributed by atoms with van der Waals surface area (Å²) in [7, 11) is 0. The third kappa shape index (κ3) is 12.0. The number of ether oxygens (including phenoxy) is 3. The predicted octanol–water partition coefficient (Wildman–Crippen LogP) is 7.23. The number of carbonyl (C=O) groups is 1. The van der Waals surface area contributed by atoms with Crippen LogP contribution in [0.1, 0.15) is 83.0 Å². The molecule has 176 valence electrons. The quantitative estimate of drug-likeness (QED) is 0.154. The molecule has 1 heterocycles. The van der Waals surface area contributed by atoms with E-state index in [2.05, 4.69) is 43.4 Å². The highest BCUT2D eigenvalue weighted by Gasteiger charge is 2.28. The third-order valence-corrected chi connectivity index (χ3v) is 5.28. The second-order valence-electron chi connectivity index (χ2n) is 8.12. The Morgan fingerprint density at radius 3 is 2.41 bits per heavy atom. The van der Waals surface area contributed by atoms with Crippen molar-refractivity contribution in [3.05, 3.63) is 72.4 Å². The van der Waals surface area contributed by atoms with Crippen molar-refractivity contribution in [2.24, 2.45) is 0 Å². The van der Waals surface area contributed by atoms with Gasteiger partial charge in [0.2, 0.25) is 0 Å². The molecule has 1 aromatic carbocycles. The van der Waals surface area contributed by atoms with Crippen LogP contribution in [0.2, 0.25) is 0 Å². The van der Waals surface area contributed by atoms with Crippen molar-refractivity contribution in [1.29, 1.82) is 0 Å². The van der Waals surface area contributed by atoms with E-state index in [0.717, 1.165) is 44.1 Å². The standard InChI is InChI=1S/C28H40O4/c1-2-3-4-5-6-7-8-9-10-11-12-13-14-15-19-22-27(29)30-23-26-24-31-28(32-26)25-20-17-16-18-21-25/h3-4,6-7,9-10,16-18,20-21,26,28H,2,5,8,11-15,19,22-24H2,1H3/b4-3+,7-6+,10-9+. The molecule has 0 saturated carbocycles. The Morgan fingerprint density at radius 1 is 0.938 bits per heavy atom. The molecule has 2 rings (SSSR count). The van der Waals surface area contributed by atoms with Crippen molar-refractivity contribution in [3.8, 4) is 0 Å². The third-order valence-electron chi connectivity index (χ3n) is 5.28. The highest BCUT2D eigenvalue weighted by molar-refractivity contribution is 5.69. The molecule has 0 aliphatic carbocycles. The van der Waals surface area contributed by atoms with Gasteiger partial charge in [0, 0.05) is 12.0 Å². The van der Waals surface area contributed by atoms with Crippen molar-refractivity contribution < 1.29 is 19.0 Å². The van der Waals surface area contributed by atoms with Crippen LogP contribution in [0.4, 0.5) is 0 Å². The van der Waals surface area contributed by atoms with Crippen LogP contribution in [0, 0.1) is 0 Å². The van der Waals surface area contributed by atoms with E-state index in [1.54, 1.807) is 0 Å². The number of benzene rings is 1. The first-order chi connectivity index (χ1) is 15.8. The van der Waals surface area contributed by atoms with E-state index < -0.39 is 0 Å². The van der Waals surface area contributed by atoms with Gasteiger partial charge in [0.25, 0.3) is 0 Å². The minimum Gasteiger partial charge on any atom is -0.463 e. The zero-order chi connectivity index (χ0) is 22.7. The Hall–Kier alpha value is -2.17. The first kappa shape index (κ1) is 26.1. The van der Waals surface area contributed by atoms with E-state index in [1.807, 2.05) is 30.3 Å². The highest BCUT2D eigenvalue weighted by Crippen LogP contribution is 2.26. The van der Waals surface area contributed by atoms with Gasteiger partial charge in [-0.2, -0.15) is 0 Å². The van der Waals surface area contributed by atoms with E-state index in [-0.39, 0.29) is 25.0 Å². The number of hydrogen-bond acceptors (Lipinski definition) is 4. The molecule has 0 aromatic heterocycles. The van der Waals surface area contributed by atoms with Crippen LogP contribution in [0.5, 0.6) is 0 Å². The topological polar surface area (TPSA) is 44.8 Å². The average Bonchev–Trinajstić information content (AvgIpc) is 3.30.